The second-order valence-electron chi connectivity index (χ2n) is 6.31. The van der Waals surface area contributed by atoms with Gasteiger partial charge in [-0.2, -0.15) is 0 Å². The maximum absolute atomic E-state index is 5.66. The minimum Gasteiger partial charge on any atom is -0.497 e. The lowest BCUT2D eigenvalue weighted by atomic mass is 10.2. The largest absolute Gasteiger partial charge is 0.497 e. The first kappa shape index (κ1) is 21.1. The number of benzene rings is 2. The van der Waals surface area contributed by atoms with Gasteiger partial charge in [-0.25, -0.2) is 4.98 Å². The average molecular weight is 415 g/mol. The van der Waals surface area contributed by atoms with Crippen molar-refractivity contribution in [1.29, 1.82) is 0 Å². The minimum absolute atomic E-state index is 0.472. The Balaban J connectivity index is 1.32. The molecule has 0 atom stereocenters. The number of aromatic nitrogens is 1. The van der Waals surface area contributed by atoms with Crippen molar-refractivity contribution in [2.75, 3.05) is 32.8 Å². The van der Waals surface area contributed by atoms with E-state index < -0.39 is 0 Å². The number of nitrogens with zero attached hydrogens (tertiary/aromatic N) is 1. The second-order valence-corrected chi connectivity index (χ2v) is 7.16. The molecule has 3 aromatic rings. The van der Waals surface area contributed by atoms with Gasteiger partial charge in [0.1, 0.15) is 11.5 Å². The van der Waals surface area contributed by atoms with Crippen LogP contribution in [0, 0.1) is 0 Å². The zero-order valence-electron chi connectivity index (χ0n) is 16.7. The zero-order valence-corrected chi connectivity index (χ0v) is 17.5. The third kappa shape index (κ3) is 7.05. The molecule has 3 rings (SSSR count). The second kappa shape index (κ2) is 11.4. The van der Waals surface area contributed by atoms with E-state index >= 15 is 0 Å². The van der Waals surface area contributed by atoms with Gasteiger partial charge in [0.2, 0.25) is 0 Å². The summed E-state index contributed by atoms with van der Waals surface area (Å²) in [5, 5.41) is 6.21. The van der Waals surface area contributed by atoms with Crippen LogP contribution in [0.1, 0.15) is 16.8 Å². The van der Waals surface area contributed by atoms with Crippen molar-refractivity contribution in [3.05, 3.63) is 70.7 Å². The molecule has 0 bridgehead atoms. The van der Waals surface area contributed by atoms with Gasteiger partial charge in [-0.05, 0) is 35.4 Å². The lowest BCUT2D eigenvalue weighted by Gasteiger charge is -2.07. The van der Waals surface area contributed by atoms with Gasteiger partial charge in [0.05, 0.1) is 46.3 Å². The van der Waals surface area contributed by atoms with E-state index in [1.807, 2.05) is 47.8 Å². The smallest absolute Gasteiger partial charge is 0.183 e. The Labute approximate surface area is 175 Å². The maximum Gasteiger partial charge on any atom is 0.183 e. The monoisotopic (exact) mass is 414 g/mol. The van der Waals surface area contributed by atoms with Crippen LogP contribution in [0.2, 0.25) is 0 Å². The van der Waals surface area contributed by atoms with Crippen molar-refractivity contribution in [2.24, 2.45) is 0 Å². The Kier molecular flexibility index (Phi) is 8.30. The van der Waals surface area contributed by atoms with Gasteiger partial charge in [0.15, 0.2) is 5.13 Å². The summed E-state index contributed by atoms with van der Waals surface area (Å²) < 4.78 is 21.8. The van der Waals surface area contributed by atoms with Crippen molar-refractivity contribution >= 4 is 16.5 Å². The summed E-state index contributed by atoms with van der Waals surface area (Å²) in [6, 6.07) is 15.8. The molecule has 0 fully saturated rings. The molecule has 1 aromatic heterocycles. The average Bonchev–Trinajstić information content (AvgIpc) is 3.22. The van der Waals surface area contributed by atoms with Crippen LogP contribution in [-0.4, -0.2) is 32.4 Å². The molecule has 7 heteroatoms. The number of rotatable bonds is 12. The SMILES string of the molecule is COc1cccc(CNc2nc(COCCOCc3cccc(OC)c3)cs2)c1. The molecular weight excluding hydrogens is 388 g/mol. The molecular formula is C22H26N2O4S. The fourth-order valence-electron chi connectivity index (χ4n) is 2.66. The zero-order chi connectivity index (χ0) is 20.3. The third-order valence-electron chi connectivity index (χ3n) is 4.15. The summed E-state index contributed by atoms with van der Waals surface area (Å²) in [6.45, 7) is 2.76. The molecule has 0 spiro atoms. The van der Waals surface area contributed by atoms with E-state index in [9.17, 15) is 0 Å². The fraction of sp³-hybridized carbons (Fsp3) is 0.318. The van der Waals surface area contributed by atoms with Crippen molar-refractivity contribution < 1.29 is 18.9 Å². The van der Waals surface area contributed by atoms with Crippen molar-refractivity contribution in [3.8, 4) is 11.5 Å². The molecule has 1 heterocycles. The summed E-state index contributed by atoms with van der Waals surface area (Å²) >= 11 is 1.57. The van der Waals surface area contributed by atoms with Crippen LogP contribution in [0.25, 0.3) is 0 Å². The van der Waals surface area contributed by atoms with Gasteiger partial charge in [-0.3, -0.25) is 0 Å². The molecule has 0 aliphatic rings. The number of ether oxygens (including phenoxy) is 4. The van der Waals surface area contributed by atoms with Crippen LogP contribution in [0.3, 0.4) is 0 Å². The summed E-state index contributed by atoms with van der Waals surface area (Å²) in [7, 11) is 3.33. The van der Waals surface area contributed by atoms with Crippen LogP contribution in [0.15, 0.2) is 53.9 Å². The Bertz CT molecular complexity index is 885. The highest BCUT2D eigenvalue weighted by Gasteiger charge is 2.03. The summed E-state index contributed by atoms with van der Waals surface area (Å²) in [5.74, 6) is 1.69. The molecule has 2 aromatic carbocycles. The van der Waals surface area contributed by atoms with E-state index in [0.29, 0.717) is 33.0 Å². The molecule has 0 radical (unpaired) electrons. The normalized spacial score (nSPS) is 10.7. The van der Waals surface area contributed by atoms with Crippen molar-refractivity contribution in [3.63, 3.8) is 0 Å². The lowest BCUT2D eigenvalue weighted by Crippen LogP contribution is -2.05. The standard InChI is InChI=1S/C22H26N2O4S/c1-25-20-7-3-5-17(11-20)13-23-22-24-19(16-29-22)15-28-10-9-27-14-18-6-4-8-21(12-18)26-2/h3-8,11-12,16H,9-10,13-15H2,1-2H3,(H,23,24). The van der Waals surface area contributed by atoms with E-state index in [2.05, 4.69) is 16.4 Å². The quantitative estimate of drug-likeness (QED) is 0.440. The van der Waals surface area contributed by atoms with E-state index in [-0.39, 0.29) is 0 Å². The number of methoxy groups -OCH3 is 2. The number of hydrogen-bond acceptors (Lipinski definition) is 7. The van der Waals surface area contributed by atoms with E-state index in [1.165, 1.54) is 0 Å². The van der Waals surface area contributed by atoms with Crippen LogP contribution in [-0.2, 0) is 29.2 Å². The molecule has 154 valence electrons. The molecule has 0 saturated carbocycles. The molecule has 6 nitrogen and oxygen atoms in total. The molecule has 0 saturated heterocycles. The van der Waals surface area contributed by atoms with Crippen LogP contribution >= 0.6 is 11.3 Å². The summed E-state index contributed by atoms with van der Waals surface area (Å²) in [6.07, 6.45) is 0. The lowest BCUT2D eigenvalue weighted by molar-refractivity contribution is 0.0330. The van der Waals surface area contributed by atoms with Gasteiger partial charge >= 0.3 is 0 Å². The Morgan fingerprint density at radius 2 is 1.52 bits per heavy atom. The number of thiazole rings is 1. The van der Waals surface area contributed by atoms with Gasteiger partial charge < -0.3 is 24.3 Å². The maximum atomic E-state index is 5.66. The number of hydrogen-bond donors (Lipinski definition) is 1. The summed E-state index contributed by atoms with van der Waals surface area (Å²) in [4.78, 5) is 4.55. The van der Waals surface area contributed by atoms with Crippen molar-refractivity contribution in [1.82, 2.24) is 4.98 Å². The first-order valence-corrected chi connectivity index (χ1v) is 10.2. The Morgan fingerprint density at radius 3 is 2.24 bits per heavy atom. The van der Waals surface area contributed by atoms with Gasteiger partial charge in [0, 0.05) is 11.9 Å². The third-order valence-corrected chi connectivity index (χ3v) is 5.00. The van der Waals surface area contributed by atoms with Crippen molar-refractivity contribution in [2.45, 2.75) is 19.8 Å². The van der Waals surface area contributed by atoms with Gasteiger partial charge in [-0.15, -0.1) is 11.3 Å². The highest BCUT2D eigenvalue weighted by molar-refractivity contribution is 7.13. The molecule has 1 N–H and O–H groups in total. The molecule has 0 aliphatic carbocycles. The fourth-order valence-corrected chi connectivity index (χ4v) is 3.36. The molecule has 0 unspecified atom stereocenters. The first-order chi connectivity index (χ1) is 14.3. The topological polar surface area (TPSA) is 61.8 Å². The predicted molar refractivity (Wildman–Crippen MR) is 115 cm³/mol. The Morgan fingerprint density at radius 1 is 0.862 bits per heavy atom. The van der Waals surface area contributed by atoms with Crippen LogP contribution in [0.4, 0.5) is 5.13 Å². The minimum atomic E-state index is 0.472. The Hall–Kier alpha value is -2.61. The van der Waals surface area contributed by atoms with E-state index in [0.717, 1.165) is 33.5 Å². The van der Waals surface area contributed by atoms with Gasteiger partial charge in [0.25, 0.3) is 0 Å². The number of anilines is 1. The van der Waals surface area contributed by atoms with Crippen LogP contribution < -0.4 is 14.8 Å². The highest BCUT2D eigenvalue weighted by atomic mass is 32.1. The summed E-state index contributed by atoms with van der Waals surface area (Å²) in [5.41, 5.74) is 3.14. The van der Waals surface area contributed by atoms with E-state index in [4.69, 9.17) is 18.9 Å². The van der Waals surface area contributed by atoms with Gasteiger partial charge in [-0.1, -0.05) is 24.3 Å². The van der Waals surface area contributed by atoms with Crippen LogP contribution in [0.5, 0.6) is 11.5 Å². The molecule has 0 amide bonds. The van der Waals surface area contributed by atoms with E-state index in [1.54, 1.807) is 25.6 Å². The highest BCUT2D eigenvalue weighted by Crippen LogP contribution is 2.19. The molecule has 0 aliphatic heterocycles. The number of nitrogens with one attached hydrogen (secondary N) is 1. The first-order valence-electron chi connectivity index (χ1n) is 9.36. The predicted octanol–water partition coefficient (Wildman–Crippen LogP) is 4.51. The molecule has 29 heavy (non-hydrogen) atoms.